The third kappa shape index (κ3) is 1.19. The minimum Gasteiger partial charge on any atom is -0.343 e. The molecule has 0 aromatic heterocycles. The van der Waals surface area contributed by atoms with E-state index in [1.807, 2.05) is 0 Å². The Bertz CT molecular complexity index is 154. The zero-order valence-electron chi connectivity index (χ0n) is 4.72. The van der Waals surface area contributed by atoms with Gasteiger partial charge in [-0.15, -0.1) is 0 Å². The van der Waals surface area contributed by atoms with Crippen LogP contribution in [0.4, 0.5) is 0 Å². The van der Waals surface area contributed by atoms with E-state index in [1.165, 1.54) is 0 Å². The van der Waals surface area contributed by atoms with Crippen LogP contribution in [0.2, 0.25) is 0 Å². The highest BCUT2D eigenvalue weighted by molar-refractivity contribution is 5.86. The molecule has 1 rings (SSSR count). The summed E-state index contributed by atoms with van der Waals surface area (Å²) in [6.45, 7) is 0. The van der Waals surface area contributed by atoms with Crippen LogP contribution in [-0.4, -0.2) is 17.9 Å². The number of nitrogens with one attached hydrogen (secondary N) is 1. The van der Waals surface area contributed by atoms with Gasteiger partial charge in [-0.2, -0.15) is 0 Å². The number of rotatable bonds is 1. The Balaban J connectivity index is 2.48. The summed E-state index contributed by atoms with van der Waals surface area (Å²) in [6.07, 6.45) is 0.666. The largest absolute Gasteiger partial charge is 0.377 e. The molecule has 0 aromatic rings. The van der Waals surface area contributed by atoms with Gasteiger partial charge in [0, 0.05) is 6.42 Å². The molecule has 4 nitrogen and oxygen atoms in total. The van der Waals surface area contributed by atoms with E-state index in [1.54, 1.807) is 0 Å². The highest BCUT2D eigenvalue weighted by Crippen LogP contribution is 2.05. The number of hydrogen-bond acceptors (Lipinski definition) is 2. The fourth-order valence-electron chi connectivity index (χ4n) is 0.791. The lowest BCUT2D eigenvalue weighted by molar-refractivity contribution is -0.146. The lowest BCUT2D eigenvalue weighted by Crippen LogP contribution is -2.31. The first-order valence-corrected chi connectivity index (χ1v) is 2.70. The second-order valence-corrected chi connectivity index (χ2v) is 1.98. The average molecular weight is 128 g/mol. The summed E-state index contributed by atoms with van der Waals surface area (Å²) in [5.74, 6) is -1.40. The maximum Gasteiger partial charge on any atom is 0.377 e. The normalized spacial score (nSPS) is 25.8. The van der Waals surface area contributed by atoms with Crippen LogP contribution in [0.1, 0.15) is 12.8 Å². The maximum atomic E-state index is 10.4. The fourth-order valence-corrected chi connectivity index (χ4v) is 0.791. The molecule has 0 aromatic carbocycles. The first kappa shape index (κ1) is 6.07. The van der Waals surface area contributed by atoms with E-state index in [-0.39, 0.29) is 5.91 Å². The Morgan fingerprint density at radius 1 is 1.67 bits per heavy atom. The van der Waals surface area contributed by atoms with E-state index in [2.05, 4.69) is 5.32 Å². The molecule has 1 atom stereocenters. The SMILES string of the molecule is [O]C(=O)[C@@H]1CCC(=O)N1. The summed E-state index contributed by atoms with van der Waals surface area (Å²) in [5.41, 5.74) is 0. The Kier molecular flexibility index (Phi) is 1.38. The molecule has 1 N–H and O–H groups in total. The quantitative estimate of drug-likeness (QED) is 0.503. The summed E-state index contributed by atoms with van der Waals surface area (Å²) in [5, 5.41) is 12.3. The Morgan fingerprint density at radius 3 is 2.56 bits per heavy atom. The lowest BCUT2D eigenvalue weighted by Gasteiger charge is -1.97. The van der Waals surface area contributed by atoms with Gasteiger partial charge < -0.3 is 5.32 Å². The van der Waals surface area contributed by atoms with Crippen molar-refractivity contribution in [3.8, 4) is 0 Å². The Labute approximate surface area is 51.9 Å². The van der Waals surface area contributed by atoms with Crippen LogP contribution in [0.15, 0.2) is 0 Å². The van der Waals surface area contributed by atoms with Crippen molar-refractivity contribution in [2.24, 2.45) is 0 Å². The topological polar surface area (TPSA) is 66.1 Å². The minimum absolute atomic E-state index is 0.204. The molecule has 9 heavy (non-hydrogen) atoms. The predicted octanol–water partition coefficient (Wildman–Crippen LogP) is -0.778. The van der Waals surface area contributed by atoms with Crippen molar-refractivity contribution in [3.05, 3.63) is 0 Å². The van der Waals surface area contributed by atoms with Crippen LogP contribution in [0, 0.1) is 0 Å². The molecule has 1 saturated heterocycles. The molecule has 1 fully saturated rings. The van der Waals surface area contributed by atoms with Crippen molar-refractivity contribution in [3.63, 3.8) is 0 Å². The van der Waals surface area contributed by atoms with E-state index >= 15 is 0 Å². The van der Waals surface area contributed by atoms with Crippen molar-refractivity contribution in [2.45, 2.75) is 18.9 Å². The molecule has 1 amide bonds. The van der Waals surface area contributed by atoms with Gasteiger partial charge in [0.15, 0.2) is 0 Å². The fraction of sp³-hybridized carbons (Fsp3) is 0.600. The molecule has 0 aliphatic carbocycles. The molecule has 0 unspecified atom stereocenters. The highest BCUT2D eigenvalue weighted by Gasteiger charge is 2.27. The van der Waals surface area contributed by atoms with Crippen LogP contribution < -0.4 is 5.32 Å². The highest BCUT2D eigenvalue weighted by atomic mass is 16.4. The number of hydrogen-bond donors (Lipinski definition) is 1. The lowest BCUT2D eigenvalue weighted by atomic mass is 10.2. The molecule has 1 heterocycles. The number of carbonyl (C=O) groups is 2. The van der Waals surface area contributed by atoms with Gasteiger partial charge in [-0.1, -0.05) is 0 Å². The molecule has 0 bridgehead atoms. The van der Waals surface area contributed by atoms with Gasteiger partial charge in [-0.05, 0) is 6.42 Å². The second-order valence-electron chi connectivity index (χ2n) is 1.98. The molecule has 0 saturated carbocycles. The maximum absolute atomic E-state index is 10.4. The summed E-state index contributed by atoms with van der Waals surface area (Å²) in [4.78, 5) is 20.4. The van der Waals surface area contributed by atoms with Gasteiger partial charge in [0.2, 0.25) is 5.91 Å². The van der Waals surface area contributed by atoms with E-state index in [4.69, 9.17) is 0 Å². The van der Waals surface area contributed by atoms with E-state index in [9.17, 15) is 14.7 Å². The predicted molar refractivity (Wildman–Crippen MR) is 26.9 cm³/mol. The van der Waals surface area contributed by atoms with E-state index < -0.39 is 12.0 Å². The number of carbonyl (C=O) groups excluding carboxylic acids is 2. The van der Waals surface area contributed by atoms with Crippen LogP contribution in [-0.2, 0) is 14.7 Å². The summed E-state index contributed by atoms with van der Waals surface area (Å²) < 4.78 is 0. The molecule has 49 valence electrons. The van der Waals surface area contributed by atoms with Crippen molar-refractivity contribution in [2.75, 3.05) is 0 Å². The number of amides is 1. The standard InChI is InChI=1S/C5H6NO3/c7-4-2-1-3(6-4)5(8)9/h3H,1-2H2,(H,6,7)/t3-/m0/s1. The zero-order chi connectivity index (χ0) is 6.85. The van der Waals surface area contributed by atoms with Gasteiger partial charge in [0.25, 0.3) is 0 Å². The first-order chi connectivity index (χ1) is 4.20. The van der Waals surface area contributed by atoms with Gasteiger partial charge >= 0.3 is 5.97 Å². The summed E-state index contributed by atoms with van der Waals surface area (Å²) in [7, 11) is 0. The van der Waals surface area contributed by atoms with Crippen LogP contribution in [0.3, 0.4) is 0 Å². The molecule has 1 aliphatic heterocycles. The first-order valence-electron chi connectivity index (χ1n) is 2.70. The Hall–Kier alpha value is -1.06. The summed E-state index contributed by atoms with van der Waals surface area (Å²) >= 11 is 0. The molecule has 4 heteroatoms. The third-order valence-corrected chi connectivity index (χ3v) is 1.28. The van der Waals surface area contributed by atoms with Crippen molar-refractivity contribution >= 4 is 11.9 Å². The second kappa shape index (κ2) is 2.05. The van der Waals surface area contributed by atoms with E-state index in [0.29, 0.717) is 12.8 Å². The smallest absolute Gasteiger partial charge is 0.343 e. The van der Waals surface area contributed by atoms with Crippen molar-refractivity contribution < 1.29 is 14.7 Å². The summed E-state index contributed by atoms with van der Waals surface area (Å²) in [6, 6.07) is -0.752. The van der Waals surface area contributed by atoms with Gasteiger partial charge in [0.05, 0.1) is 0 Å². The van der Waals surface area contributed by atoms with Crippen molar-refractivity contribution in [1.82, 2.24) is 5.32 Å². The Morgan fingerprint density at radius 2 is 2.33 bits per heavy atom. The van der Waals surface area contributed by atoms with E-state index in [0.717, 1.165) is 0 Å². The molecule has 1 aliphatic rings. The average Bonchev–Trinajstić information content (AvgIpc) is 2.14. The van der Waals surface area contributed by atoms with Crippen LogP contribution >= 0.6 is 0 Å². The van der Waals surface area contributed by atoms with Crippen LogP contribution in [0.5, 0.6) is 0 Å². The van der Waals surface area contributed by atoms with Gasteiger partial charge in [-0.3, -0.25) is 4.79 Å². The van der Waals surface area contributed by atoms with Crippen molar-refractivity contribution in [1.29, 1.82) is 0 Å². The minimum atomic E-state index is -1.19. The van der Waals surface area contributed by atoms with Gasteiger partial charge in [-0.25, -0.2) is 9.90 Å². The zero-order valence-corrected chi connectivity index (χ0v) is 4.72. The van der Waals surface area contributed by atoms with Crippen LogP contribution in [0.25, 0.3) is 0 Å². The van der Waals surface area contributed by atoms with Gasteiger partial charge in [0.1, 0.15) is 6.04 Å². The molecule has 1 radical (unpaired) electrons. The molecular weight excluding hydrogens is 122 g/mol. The third-order valence-electron chi connectivity index (χ3n) is 1.28. The molecule has 0 spiro atoms. The monoisotopic (exact) mass is 128 g/mol. The molecular formula is C5H6NO3.